The van der Waals surface area contributed by atoms with E-state index in [9.17, 15) is 19.2 Å². The summed E-state index contributed by atoms with van der Waals surface area (Å²) >= 11 is 0. The largest absolute Gasteiger partial charge is 0.481 e. The number of aliphatic carboxylic acids is 2. The van der Waals surface area contributed by atoms with Crippen LogP contribution in [-0.4, -0.2) is 46.2 Å². The molecule has 0 aliphatic heterocycles. The number of carbonyl (C=O) groups excluding carboxylic acids is 2. The summed E-state index contributed by atoms with van der Waals surface area (Å²) in [6.45, 7) is 6.80. The van der Waals surface area contributed by atoms with E-state index in [4.69, 9.17) is 14.9 Å². The number of ether oxygens (including phenoxy) is 3. The summed E-state index contributed by atoms with van der Waals surface area (Å²) in [6, 6.07) is 0. The second kappa shape index (κ2) is 10.2. The normalized spacial score (nSPS) is 10.8. The van der Waals surface area contributed by atoms with Crippen molar-refractivity contribution in [2.45, 2.75) is 44.7 Å². The van der Waals surface area contributed by atoms with Gasteiger partial charge in [0.25, 0.3) is 0 Å². The second-order valence-corrected chi connectivity index (χ2v) is 4.96. The van der Waals surface area contributed by atoms with Crippen LogP contribution in [0.25, 0.3) is 0 Å². The van der Waals surface area contributed by atoms with Crippen molar-refractivity contribution < 1.29 is 43.6 Å². The topological polar surface area (TPSA) is 136 Å². The van der Waals surface area contributed by atoms with Crippen molar-refractivity contribution in [2.75, 3.05) is 0 Å². The molecule has 2 N–H and O–H groups in total. The second-order valence-electron chi connectivity index (χ2n) is 4.96. The number of esters is 2. The summed E-state index contributed by atoms with van der Waals surface area (Å²) in [5.41, 5.74) is -1.01. The highest BCUT2D eigenvalue weighted by Gasteiger charge is 2.32. The fourth-order valence-corrected chi connectivity index (χ4v) is 1.64. The van der Waals surface area contributed by atoms with Gasteiger partial charge in [0.05, 0.1) is 5.60 Å². The number of carbonyl (C=O) groups is 4. The van der Waals surface area contributed by atoms with Crippen LogP contribution in [0.15, 0.2) is 25.3 Å². The van der Waals surface area contributed by atoms with Gasteiger partial charge in [-0.05, 0) is 19.8 Å². The molecular formula is C15H20O9. The smallest absolute Gasteiger partial charge is 0.365 e. The van der Waals surface area contributed by atoms with Gasteiger partial charge in [-0.25, -0.2) is 0 Å². The zero-order chi connectivity index (χ0) is 18.8. The van der Waals surface area contributed by atoms with E-state index in [1.165, 1.54) is 12.2 Å². The van der Waals surface area contributed by atoms with Crippen LogP contribution in [0.4, 0.5) is 0 Å². The number of rotatable bonds is 12. The summed E-state index contributed by atoms with van der Waals surface area (Å²) in [5, 5.41) is 17.1. The van der Waals surface area contributed by atoms with Crippen molar-refractivity contribution in [2.24, 2.45) is 0 Å². The molecule has 0 aromatic carbocycles. The number of carboxylic acid groups (broad SMARTS) is 2. The minimum Gasteiger partial charge on any atom is -0.481 e. The first-order valence-corrected chi connectivity index (χ1v) is 6.84. The summed E-state index contributed by atoms with van der Waals surface area (Å²) < 4.78 is 14.7. The minimum absolute atomic E-state index is 0.266. The molecule has 9 heteroatoms. The van der Waals surface area contributed by atoms with E-state index in [1.807, 2.05) is 0 Å². The first-order chi connectivity index (χ1) is 11.1. The predicted molar refractivity (Wildman–Crippen MR) is 79.6 cm³/mol. The third-order valence-corrected chi connectivity index (χ3v) is 2.58. The van der Waals surface area contributed by atoms with E-state index in [0.717, 1.165) is 0 Å². The maximum absolute atomic E-state index is 11.4. The molecule has 0 radical (unpaired) electrons. The Bertz CT molecular complexity index is 469. The predicted octanol–water partition coefficient (Wildman–Crippen LogP) is 1.23. The summed E-state index contributed by atoms with van der Waals surface area (Å²) in [7, 11) is 0. The Hall–Kier alpha value is -2.68. The van der Waals surface area contributed by atoms with Crippen LogP contribution in [0.2, 0.25) is 0 Å². The zero-order valence-electron chi connectivity index (χ0n) is 13.2. The zero-order valence-corrected chi connectivity index (χ0v) is 13.2. The molecular weight excluding hydrogens is 324 g/mol. The van der Waals surface area contributed by atoms with Gasteiger partial charge < -0.3 is 24.4 Å². The average molecular weight is 344 g/mol. The van der Waals surface area contributed by atoms with E-state index >= 15 is 0 Å². The monoisotopic (exact) mass is 344 g/mol. The van der Waals surface area contributed by atoms with Gasteiger partial charge in [0.2, 0.25) is 0 Å². The van der Waals surface area contributed by atoms with Crippen LogP contribution in [0, 0.1) is 0 Å². The van der Waals surface area contributed by atoms with Crippen molar-refractivity contribution in [3.05, 3.63) is 25.3 Å². The average Bonchev–Trinajstić information content (AvgIpc) is 2.35. The summed E-state index contributed by atoms with van der Waals surface area (Å²) in [5.74, 6) is -5.32. The molecule has 0 spiro atoms. The first-order valence-electron chi connectivity index (χ1n) is 6.84. The van der Waals surface area contributed by atoms with Crippen LogP contribution in [0.3, 0.4) is 0 Å². The maximum Gasteiger partial charge on any atom is 0.365 e. The third kappa shape index (κ3) is 9.36. The van der Waals surface area contributed by atoms with Gasteiger partial charge in [-0.2, -0.15) is 0 Å². The fraction of sp³-hybridized carbons (Fsp3) is 0.467. The standard InChI is InChI=1S/C15H20O9/c1-4-6-15(3,7-5-2)24-14(22-12(20)8-10(16)17)23-13(21)9-11(18)19/h4-5,14H,1-2,6-9H2,3H3,(H,16,17)(H,18,19). The highest BCUT2D eigenvalue weighted by Crippen LogP contribution is 2.24. The van der Waals surface area contributed by atoms with Gasteiger partial charge in [0, 0.05) is 0 Å². The number of hydrogen-bond donors (Lipinski definition) is 2. The van der Waals surface area contributed by atoms with E-state index in [1.54, 1.807) is 6.92 Å². The lowest BCUT2D eigenvalue weighted by Gasteiger charge is -2.31. The molecule has 0 heterocycles. The van der Waals surface area contributed by atoms with E-state index in [2.05, 4.69) is 22.6 Å². The Morgan fingerprint density at radius 2 is 1.33 bits per heavy atom. The minimum atomic E-state index is -1.89. The van der Waals surface area contributed by atoms with Crippen LogP contribution in [0.5, 0.6) is 0 Å². The SMILES string of the molecule is C=CCC(C)(CC=C)OC(OC(=O)CC(=O)O)OC(=O)CC(=O)O. The molecule has 0 bridgehead atoms. The van der Waals surface area contributed by atoms with Gasteiger partial charge in [0.1, 0.15) is 12.8 Å². The molecule has 0 saturated heterocycles. The van der Waals surface area contributed by atoms with E-state index < -0.39 is 48.8 Å². The molecule has 0 atom stereocenters. The molecule has 0 aromatic rings. The molecule has 134 valence electrons. The summed E-state index contributed by atoms with van der Waals surface area (Å²) in [6.07, 6.45) is 1.61. The van der Waals surface area contributed by atoms with Gasteiger partial charge >= 0.3 is 30.4 Å². The molecule has 0 unspecified atom stereocenters. The fourth-order valence-electron chi connectivity index (χ4n) is 1.64. The van der Waals surface area contributed by atoms with Crippen molar-refractivity contribution in [3.8, 4) is 0 Å². The molecule has 0 aliphatic rings. The Morgan fingerprint density at radius 1 is 0.958 bits per heavy atom. The number of carboxylic acids is 2. The van der Waals surface area contributed by atoms with Gasteiger partial charge in [-0.3, -0.25) is 19.2 Å². The van der Waals surface area contributed by atoms with Crippen molar-refractivity contribution in [1.82, 2.24) is 0 Å². The lowest BCUT2D eigenvalue weighted by molar-refractivity contribution is -0.297. The summed E-state index contributed by atoms with van der Waals surface area (Å²) in [4.78, 5) is 43.9. The van der Waals surface area contributed by atoms with E-state index in [0.29, 0.717) is 0 Å². The molecule has 0 aliphatic carbocycles. The van der Waals surface area contributed by atoms with E-state index in [-0.39, 0.29) is 12.8 Å². The molecule has 0 amide bonds. The van der Waals surface area contributed by atoms with Crippen molar-refractivity contribution >= 4 is 23.9 Å². The quantitative estimate of drug-likeness (QED) is 0.232. The first kappa shape index (κ1) is 21.3. The Kier molecular flexibility index (Phi) is 9.03. The highest BCUT2D eigenvalue weighted by molar-refractivity contribution is 5.91. The molecule has 24 heavy (non-hydrogen) atoms. The maximum atomic E-state index is 11.4. The van der Waals surface area contributed by atoms with Crippen LogP contribution in [0.1, 0.15) is 32.6 Å². The van der Waals surface area contributed by atoms with Crippen LogP contribution in [-0.2, 0) is 33.4 Å². The molecule has 9 nitrogen and oxygen atoms in total. The highest BCUT2D eigenvalue weighted by atomic mass is 16.9. The lowest BCUT2D eigenvalue weighted by Crippen LogP contribution is -2.38. The molecule has 0 aromatic heterocycles. The molecule has 0 saturated carbocycles. The Morgan fingerprint density at radius 3 is 1.62 bits per heavy atom. The molecule has 0 rings (SSSR count). The Balaban J connectivity index is 5.12. The van der Waals surface area contributed by atoms with Gasteiger partial charge in [0.15, 0.2) is 0 Å². The van der Waals surface area contributed by atoms with Crippen molar-refractivity contribution in [3.63, 3.8) is 0 Å². The van der Waals surface area contributed by atoms with Crippen molar-refractivity contribution in [1.29, 1.82) is 0 Å². The molecule has 0 fully saturated rings. The third-order valence-electron chi connectivity index (χ3n) is 2.58. The lowest BCUT2D eigenvalue weighted by atomic mass is 9.98. The van der Waals surface area contributed by atoms with Crippen LogP contribution >= 0.6 is 0 Å². The van der Waals surface area contributed by atoms with Gasteiger partial charge in [-0.15, -0.1) is 13.2 Å². The van der Waals surface area contributed by atoms with Crippen LogP contribution < -0.4 is 0 Å². The van der Waals surface area contributed by atoms with Gasteiger partial charge in [-0.1, -0.05) is 12.2 Å². The number of hydrogen-bond acceptors (Lipinski definition) is 7. The Labute approximate surface area is 138 Å².